The first-order valence-corrected chi connectivity index (χ1v) is 4.13. The minimum Gasteiger partial charge on any atom is -0.409 e. The Hall–Kier alpha value is -1.17. The van der Waals surface area contributed by atoms with E-state index < -0.39 is 0 Å². The van der Waals surface area contributed by atoms with Crippen LogP contribution in [0.5, 0.6) is 0 Å². The summed E-state index contributed by atoms with van der Waals surface area (Å²) in [6.45, 7) is 0. The summed E-state index contributed by atoms with van der Waals surface area (Å²) in [6.07, 6.45) is 0. The van der Waals surface area contributed by atoms with Gasteiger partial charge in [0.05, 0.1) is 0 Å². The molecule has 0 aliphatic rings. The summed E-state index contributed by atoms with van der Waals surface area (Å²) in [5.74, 6) is 5.11. The van der Waals surface area contributed by atoms with Gasteiger partial charge in [-0.3, -0.25) is 0 Å². The van der Waals surface area contributed by atoms with Crippen molar-refractivity contribution in [2.45, 2.75) is 0 Å². The molecule has 0 fully saturated rings. The first-order valence-electron chi connectivity index (χ1n) is 3.37. The first-order chi connectivity index (χ1) is 6.22. The fraction of sp³-hybridized carbons (Fsp3) is 0. The number of rotatable bonds is 0. The number of nitrogens with zero attached hydrogens (tertiary/aromatic N) is 1. The Morgan fingerprint density at radius 2 is 2.23 bits per heavy atom. The van der Waals surface area contributed by atoms with Gasteiger partial charge in [-0.2, -0.15) is 0 Å². The van der Waals surface area contributed by atoms with Gasteiger partial charge >= 0.3 is 0 Å². The Bertz CT molecular complexity index is 390. The van der Waals surface area contributed by atoms with E-state index in [0.717, 1.165) is 0 Å². The fourth-order valence-electron chi connectivity index (χ4n) is 0.715. The highest BCUT2D eigenvalue weighted by atomic mass is 35.5. The molecule has 4 heteroatoms. The minimum absolute atomic E-state index is 0.153. The topological polar surface area (TPSA) is 32.6 Å². The van der Waals surface area contributed by atoms with E-state index in [1.165, 1.54) is 0 Å². The van der Waals surface area contributed by atoms with Gasteiger partial charge in [0.2, 0.25) is 5.17 Å². The second kappa shape index (κ2) is 4.76. The van der Waals surface area contributed by atoms with Gasteiger partial charge in [-0.15, -0.1) is 0 Å². The van der Waals surface area contributed by atoms with Crippen LogP contribution in [0.2, 0.25) is 5.02 Å². The van der Waals surface area contributed by atoms with Crippen molar-refractivity contribution in [3.8, 4) is 11.8 Å². The maximum atomic E-state index is 8.19. The van der Waals surface area contributed by atoms with Crippen molar-refractivity contribution in [3.63, 3.8) is 0 Å². The highest BCUT2D eigenvalue weighted by Crippen LogP contribution is 2.09. The van der Waals surface area contributed by atoms with E-state index in [-0.39, 0.29) is 5.17 Å². The van der Waals surface area contributed by atoms with Gasteiger partial charge in [0.15, 0.2) is 0 Å². The van der Waals surface area contributed by atoms with Crippen LogP contribution >= 0.6 is 23.2 Å². The minimum atomic E-state index is -0.153. The van der Waals surface area contributed by atoms with Crippen LogP contribution in [0.1, 0.15) is 5.56 Å². The van der Waals surface area contributed by atoms with Gasteiger partial charge in [0.1, 0.15) is 0 Å². The molecule has 0 unspecified atom stereocenters. The number of oxime groups is 1. The Balaban J connectivity index is 2.90. The van der Waals surface area contributed by atoms with Gasteiger partial charge in [0.25, 0.3) is 0 Å². The summed E-state index contributed by atoms with van der Waals surface area (Å²) >= 11 is 11.1. The van der Waals surface area contributed by atoms with Crippen LogP contribution in [0.15, 0.2) is 29.4 Å². The third kappa shape index (κ3) is 3.37. The average Bonchev–Trinajstić information content (AvgIpc) is 2.14. The zero-order valence-electron chi connectivity index (χ0n) is 6.46. The summed E-state index contributed by atoms with van der Waals surface area (Å²) in [7, 11) is 0. The lowest BCUT2D eigenvalue weighted by atomic mass is 10.2. The second-order valence-electron chi connectivity index (χ2n) is 2.15. The number of hydrogen-bond acceptors (Lipinski definition) is 2. The van der Waals surface area contributed by atoms with Crippen LogP contribution in [0.4, 0.5) is 0 Å². The molecule has 66 valence electrons. The highest BCUT2D eigenvalue weighted by molar-refractivity contribution is 6.69. The van der Waals surface area contributed by atoms with E-state index >= 15 is 0 Å². The van der Waals surface area contributed by atoms with Gasteiger partial charge in [-0.25, -0.2) is 0 Å². The second-order valence-corrected chi connectivity index (χ2v) is 2.95. The molecule has 0 bridgehead atoms. The van der Waals surface area contributed by atoms with Crippen LogP contribution in [0.25, 0.3) is 0 Å². The third-order valence-corrected chi connectivity index (χ3v) is 1.63. The zero-order chi connectivity index (χ0) is 9.68. The van der Waals surface area contributed by atoms with Crippen molar-refractivity contribution in [1.29, 1.82) is 0 Å². The SMILES string of the molecule is ON=C(Cl)C#Cc1cccc(Cl)c1. The molecule has 0 heterocycles. The molecule has 1 rings (SSSR count). The molecule has 0 aliphatic carbocycles. The standard InChI is InChI=1S/C9H5Cl2NO/c10-8-3-1-2-7(6-8)4-5-9(11)12-13/h1-3,6,13H. The molecule has 0 atom stereocenters. The Kier molecular flexibility index (Phi) is 3.63. The van der Waals surface area contributed by atoms with E-state index in [4.69, 9.17) is 28.4 Å². The predicted molar refractivity (Wildman–Crippen MR) is 53.4 cm³/mol. The van der Waals surface area contributed by atoms with Crippen molar-refractivity contribution >= 4 is 28.4 Å². The molecule has 0 saturated carbocycles. The lowest BCUT2D eigenvalue weighted by Gasteiger charge is -1.89. The van der Waals surface area contributed by atoms with Gasteiger partial charge in [0, 0.05) is 10.6 Å². The summed E-state index contributed by atoms with van der Waals surface area (Å²) < 4.78 is 0. The number of benzene rings is 1. The molecule has 0 aromatic heterocycles. The van der Waals surface area contributed by atoms with Crippen molar-refractivity contribution in [3.05, 3.63) is 34.9 Å². The summed E-state index contributed by atoms with van der Waals surface area (Å²) in [4.78, 5) is 0. The lowest BCUT2D eigenvalue weighted by Crippen LogP contribution is -1.80. The predicted octanol–water partition coefficient (Wildman–Crippen LogP) is 2.72. The molecule has 0 amide bonds. The summed E-state index contributed by atoms with van der Waals surface area (Å²) in [5, 5.41) is 11.3. The van der Waals surface area contributed by atoms with Crippen LogP contribution in [0.3, 0.4) is 0 Å². The van der Waals surface area contributed by atoms with E-state index in [1.54, 1.807) is 24.3 Å². The van der Waals surface area contributed by atoms with Gasteiger partial charge in [-0.1, -0.05) is 28.7 Å². The molecule has 0 radical (unpaired) electrons. The van der Waals surface area contributed by atoms with Crippen LogP contribution in [0, 0.1) is 11.8 Å². The molecule has 0 spiro atoms. The Labute approximate surface area is 85.8 Å². The molecule has 1 aromatic rings. The first kappa shape index (κ1) is 9.91. The molecule has 0 aliphatic heterocycles. The normalized spacial score (nSPS) is 10.5. The average molecular weight is 214 g/mol. The Morgan fingerprint density at radius 3 is 2.85 bits per heavy atom. The summed E-state index contributed by atoms with van der Waals surface area (Å²) in [5.41, 5.74) is 0.717. The van der Waals surface area contributed by atoms with E-state index in [0.29, 0.717) is 10.6 Å². The van der Waals surface area contributed by atoms with Crippen molar-refractivity contribution in [2.24, 2.45) is 5.16 Å². The summed E-state index contributed by atoms with van der Waals surface area (Å²) in [6, 6.07) is 6.99. The number of hydrogen-bond donors (Lipinski definition) is 1. The monoisotopic (exact) mass is 213 g/mol. The molecular formula is C9H5Cl2NO. The maximum Gasteiger partial charge on any atom is 0.218 e. The molecule has 13 heavy (non-hydrogen) atoms. The van der Waals surface area contributed by atoms with Gasteiger partial charge in [-0.05, 0) is 35.7 Å². The van der Waals surface area contributed by atoms with E-state index in [2.05, 4.69) is 17.0 Å². The van der Waals surface area contributed by atoms with Gasteiger partial charge < -0.3 is 5.21 Å². The van der Waals surface area contributed by atoms with Crippen LogP contribution in [-0.4, -0.2) is 10.4 Å². The third-order valence-electron chi connectivity index (χ3n) is 1.22. The smallest absolute Gasteiger partial charge is 0.218 e. The van der Waals surface area contributed by atoms with Crippen molar-refractivity contribution < 1.29 is 5.21 Å². The maximum absolute atomic E-state index is 8.19. The number of halogens is 2. The molecule has 1 aromatic carbocycles. The van der Waals surface area contributed by atoms with E-state index in [9.17, 15) is 0 Å². The van der Waals surface area contributed by atoms with Crippen molar-refractivity contribution in [1.82, 2.24) is 0 Å². The molecule has 2 nitrogen and oxygen atoms in total. The fourth-order valence-corrected chi connectivity index (χ4v) is 0.953. The van der Waals surface area contributed by atoms with Crippen molar-refractivity contribution in [2.75, 3.05) is 0 Å². The molecular weight excluding hydrogens is 209 g/mol. The molecule has 0 saturated heterocycles. The van der Waals surface area contributed by atoms with E-state index in [1.807, 2.05) is 0 Å². The largest absolute Gasteiger partial charge is 0.409 e. The Morgan fingerprint density at radius 1 is 1.46 bits per heavy atom. The molecule has 1 N–H and O–H groups in total. The highest BCUT2D eigenvalue weighted by Gasteiger charge is 1.89. The van der Waals surface area contributed by atoms with Crippen LogP contribution in [-0.2, 0) is 0 Å². The zero-order valence-corrected chi connectivity index (χ0v) is 7.97. The lowest BCUT2D eigenvalue weighted by molar-refractivity contribution is 0.321. The quantitative estimate of drug-likeness (QED) is 0.306. The van der Waals surface area contributed by atoms with Crippen LogP contribution < -0.4 is 0 Å².